The number of ether oxygens (including phenoxy) is 1. The highest BCUT2D eigenvalue weighted by molar-refractivity contribution is 8.03. The molecule has 1 fully saturated rings. The summed E-state index contributed by atoms with van der Waals surface area (Å²) in [5, 5.41) is -0.735. The second-order valence-corrected chi connectivity index (χ2v) is 12.6. The molecule has 0 saturated heterocycles. The molecule has 3 atom stereocenters. The Hall–Kier alpha value is 0.01000. The maximum Gasteiger partial charge on any atom is 0.350 e. The molecule has 1 aromatic heterocycles. The summed E-state index contributed by atoms with van der Waals surface area (Å²) in [6, 6.07) is 0. The first kappa shape index (κ1) is 23.3. The third-order valence-electron chi connectivity index (χ3n) is 4.53. The summed E-state index contributed by atoms with van der Waals surface area (Å²) in [7, 11) is -3.65. The van der Waals surface area contributed by atoms with Crippen LogP contribution in [0.1, 0.15) is 49.7 Å². The molecule has 1 saturated carbocycles. The van der Waals surface area contributed by atoms with Crippen LogP contribution < -0.4 is 5.73 Å². The molecule has 0 radical (unpaired) electrons. The number of nitrogens with two attached hydrogens (primary N) is 1. The van der Waals surface area contributed by atoms with E-state index in [2.05, 4.69) is 0 Å². The number of hydrogen-bond donors (Lipinski definition) is 1. The maximum atomic E-state index is 12.9. The molecular formula is C17H25Cl2NO4S3. The van der Waals surface area contributed by atoms with Gasteiger partial charge in [0.25, 0.3) is 0 Å². The molecule has 0 spiro atoms. The molecule has 0 aromatic carbocycles. The van der Waals surface area contributed by atoms with Crippen molar-refractivity contribution < 1.29 is 18.3 Å². The molecule has 1 aromatic rings. The number of esters is 1. The number of nitrogen functional groups attached to an aromatic ring is 1. The minimum atomic E-state index is -3.65. The Morgan fingerprint density at radius 3 is 2.52 bits per heavy atom. The maximum absolute atomic E-state index is 12.9. The van der Waals surface area contributed by atoms with Gasteiger partial charge in [-0.1, -0.05) is 6.42 Å². The van der Waals surface area contributed by atoms with Crippen molar-refractivity contribution >= 4 is 68.2 Å². The first-order chi connectivity index (χ1) is 12.6. The van der Waals surface area contributed by atoms with Crippen LogP contribution in [0.5, 0.6) is 0 Å². The summed E-state index contributed by atoms with van der Waals surface area (Å²) < 4.78 is 31.2. The van der Waals surface area contributed by atoms with Crippen molar-refractivity contribution in [3.8, 4) is 0 Å². The van der Waals surface area contributed by atoms with Gasteiger partial charge >= 0.3 is 5.97 Å². The molecule has 10 heteroatoms. The number of carbonyl (C=O) groups is 1. The lowest BCUT2D eigenvalue weighted by Crippen LogP contribution is -2.31. The predicted octanol–water partition coefficient (Wildman–Crippen LogP) is 5.01. The molecule has 1 aliphatic rings. The van der Waals surface area contributed by atoms with Gasteiger partial charge in [0.05, 0.1) is 16.8 Å². The summed E-state index contributed by atoms with van der Waals surface area (Å²) in [4.78, 5) is 12.4. The number of thioether (sulfide) groups is 1. The number of carbonyl (C=O) groups excluding carboxylic acids is 1. The van der Waals surface area contributed by atoms with Gasteiger partial charge in [-0.2, -0.15) is 0 Å². The Kier molecular flexibility index (Phi) is 8.34. The highest BCUT2D eigenvalue weighted by atomic mass is 35.5. The fraction of sp³-hybridized carbons (Fsp3) is 0.706. The van der Waals surface area contributed by atoms with Crippen molar-refractivity contribution in [2.24, 2.45) is 5.92 Å². The SMILES string of the molecule is CCOC(=O)c1sc(SCC2C(Cl)CCCC2Cl)c([S+](=O)([O-])C(C)C)c1N. The lowest BCUT2D eigenvalue weighted by molar-refractivity contribution is 0.0533. The molecule has 5 nitrogen and oxygen atoms in total. The van der Waals surface area contributed by atoms with Gasteiger partial charge in [0, 0.05) is 22.4 Å². The lowest BCUT2D eigenvalue weighted by atomic mass is 9.90. The van der Waals surface area contributed by atoms with Crippen molar-refractivity contribution in [1.82, 2.24) is 0 Å². The van der Waals surface area contributed by atoms with Crippen LogP contribution >= 0.6 is 46.3 Å². The predicted molar refractivity (Wildman–Crippen MR) is 114 cm³/mol. The number of hydrogen-bond acceptors (Lipinski definition) is 7. The minimum absolute atomic E-state index is 0.0249. The summed E-state index contributed by atoms with van der Waals surface area (Å²) in [6.07, 6.45) is 2.79. The largest absolute Gasteiger partial charge is 0.610 e. The van der Waals surface area contributed by atoms with Crippen LogP contribution in [0.25, 0.3) is 0 Å². The van der Waals surface area contributed by atoms with Crippen LogP contribution in [0.15, 0.2) is 9.10 Å². The number of halogens is 2. The van der Waals surface area contributed by atoms with E-state index in [1.807, 2.05) is 0 Å². The first-order valence-electron chi connectivity index (χ1n) is 8.85. The Labute approximate surface area is 180 Å². The summed E-state index contributed by atoms with van der Waals surface area (Å²) in [6.45, 7) is 5.06. The van der Waals surface area contributed by atoms with Gasteiger partial charge in [0.1, 0.15) is 20.0 Å². The monoisotopic (exact) mass is 473 g/mol. The molecule has 2 N–H and O–H groups in total. The van der Waals surface area contributed by atoms with Crippen LogP contribution in [0.3, 0.4) is 0 Å². The number of rotatable bonds is 7. The van der Waals surface area contributed by atoms with E-state index in [0.29, 0.717) is 9.96 Å². The summed E-state index contributed by atoms with van der Waals surface area (Å²) >= 11 is 15.3. The Bertz CT molecular complexity index is 715. The molecule has 0 amide bonds. The van der Waals surface area contributed by atoms with E-state index in [1.54, 1.807) is 20.8 Å². The van der Waals surface area contributed by atoms with E-state index in [-0.39, 0.29) is 38.7 Å². The van der Waals surface area contributed by atoms with Crippen LogP contribution in [-0.2, 0) is 19.2 Å². The average Bonchev–Trinajstić information content (AvgIpc) is 2.91. The van der Waals surface area contributed by atoms with Gasteiger partial charge in [-0.25, -0.2) is 4.79 Å². The van der Waals surface area contributed by atoms with Crippen LogP contribution in [0.2, 0.25) is 0 Å². The van der Waals surface area contributed by atoms with E-state index >= 15 is 0 Å². The molecule has 154 valence electrons. The molecule has 2 rings (SSSR count). The smallest absolute Gasteiger partial charge is 0.350 e. The van der Waals surface area contributed by atoms with Crippen LogP contribution in [-0.4, -0.2) is 38.9 Å². The van der Waals surface area contributed by atoms with E-state index in [1.165, 1.54) is 11.8 Å². The summed E-state index contributed by atoms with van der Waals surface area (Å²) in [5.41, 5.74) is 6.06. The van der Waals surface area contributed by atoms with Crippen molar-refractivity contribution in [1.29, 1.82) is 0 Å². The van der Waals surface area contributed by atoms with Crippen molar-refractivity contribution in [3.05, 3.63) is 4.88 Å². The lowest BCUT2D eigenvalue weighted by Gasteiger charge is -2.31. The summed E-state index contributed by atoms with van der Waals surface area (Å²) in [5.74, 6) is 0.0387. The van der Waals surface area contributed by atoms with E-state index < -0.39 is 21.4 Å². The normalized spacial score (nSPS) is 25.4. The fourth-order valence-corrected chi connectivity index (χ4v) is 8.68. The minimum Gasteiger partial charge on any atom is -0.610 e. The van der Waals surface area contributed by atoms with Crippen LogP contribution in [0, 0.1) is 5.92 Å². The Morgan fingerprint density at radius 1 is 1.41 bits per heavy atom. The first-order valence-corrected chi connectivity index (χ1v) is 13.1. The zero-order chi connectivity index (χ0) is 20.4. The molecule has 1 aliphatic carbocycles. The number of anilines is 1. The van der Waals surface area contributed by atoms with Gasteiger partial charge < -0.3 is 15.0 Å². The van der Waals surface area contributed by atoms with Crippen LogP contribution in [0.4, 0.5) is 5.69 Å². The molecular weight excluding hydrogens is 449 g/mol. The highest BCUT2D eigenvalue weighted by Gasteiger charge is 2.38. The molecule has 0 bridgehead atoms. The molecule has 0 aliphatic heterocycles. The third kappa shape index (κ3) is 5.14. The average molecular weight is 474 g/mol. The van der Waals surface area contributed by atoms with Crippen molar-refractivity contribution in [2.75, 3.05) is 18.1 Å². The number of alkyl halides is 2. The van der Waals surface area contributed by atoms with Gasteiger partial charge in [-0.15, -0.1) is 50.5 Å². The quantitative estimate of drug-likeness (QED) is 0.258. The third-order valence-corrected chi connectivity index (χ3v) is 10.7. The van der Waals surface area contributed by atoms with E-state index in [4.69, 9.17) is 33.7 Å². The standard InChI is InChI=1S/C17H25Cl2NO4S3/c1-4-24-16(21)14-13(20)15(27(22,23)9(2)3)17(26-14)25-8-10-11(18)6-5-7-12(10)19/h9-12H,4-8H2,1-3H3,(H2-,20,21,22,23). The van der Waals surface area contributed by atoms with Gasteiger partial charge in [-0.3, -0.25) is 0 Å². The zero-order valence-electron chi connectivity index (χ0n) is 15.5. The molecule has 1 heterocycles. The van der Waals surface area contributed by atoms with Gasteiger partial charge in [0.15, 0.2) is 0 Å². The van der Waals surface area contributed by atoms with E-state index in [0.717, 1.165) is 30.6 Å². The van der Waals surface area contributed by atoms with Gasteiger partial charge in [0.2, 0.25) is 4.90 Å². The molecule has 3 unspecified atom stereocenters. The molecule has 27 heavy (non-hydrogen) atoms. The van der Waals surface area contributed by atoms with Gasteiger partial charge in [-0.05, 0) is 33.6 Å². The Morgan fingerprint density at radius 2 is 2.00 bits per heavy atom. The number of sulfone groups is 1. The Balaban J connectivity index is 2.37. The topological polar surface area (TPSA) is 92.5 Å². The second kappa shape index (κ2) is 9.67. The van der Waals surface area contributed by atoms with E-state index in [9.17, 15) is 13.6 Å². The van der Waals surface area contributed by atoms with Crippen molar-refractivity contribution in [3.63, 3.8) is 0 Å². The highest BCUT2D eigenvalue weighted by Crippen LogP contribution is 2.46. The second-order valence-electron chi connectivity index (χ2n) is 6.71. The fourth-order valence-electron chi connectivity index (χ4n) is 2.90. The number of thiophene rings is 1. The van der Waals surface area contributed by atoms with Crippen molar-refractivity contribution in [2.45, 2.75) is 65.1 Å². The zero-order valence-corrected chi connectivity index (χ0v) is 19.5.